The van der Waals surface area contributed by atoms with E-state index in [0.29, 0.717) is 0 Å². The van der Waals surface area contributed by atoms with Gasteiger partial charge < -0.3 is 15.7 Å². The summed E-state index contributed by atoms with van der Waals surface area (Å²) in [5, 5.41) is 14.5. The van der Waals surface area contributed by atoms with Crippen molar-refractivity contribution >= 4 is 12.0 Å². The van der Waals surface area contributed by atoms with Crippen molar-refractivity contribution in [2.75, 3.05) is 0 Å². The lowest BCUT2D eigenvalue weighted by atomic mass is 9.75. The number of carbonyl (C=O) groups excluding carboxylic acids is 1. The molecule has 3 N–H and O–H groups in total. The van der Waals surface area contributed by atoms with Gasteiger partial charge in [-0.3, -0.25) is 4.79 Å². The van der Waals surface area contributed by atoms with E-state index in [1.54, 1.807) is 13.8 Å². The number of hydrogen-bond donors (Lipinski definition) is 3. The van der Waals surface area contributed by atoms with E-state index in [9.17, 15) is 9.59 Å². The number of aliphatic carboxylic acids is 1. The van der Waals surface area contributed by atoms with Gasteiger partial charge in [0.05, 0.1) is 5.92 Å². The second-order valence-electron chi connectivity index (χ2n) is 6.49. The molecule has 1 rings (SSSR count). The predicted octanol–water partition coefficient (Wildman–Crippen LogP) is 2.36. The molecule has 3 unspecified atom stereocenters. The lowest BCUT2D eigenvalue weighted by Crippen LogP contribution is -2.50. The van der Waals surface area contributed by atoms with Crippen molar-refractivity contribution < 1.29 is 14.7 Å². The molecule has 0 saturated heterocycles. The van der Waals surface area contributed by atoms with Crippen LogP contribution in [0, 0.1) is 11.3 Å². The van der Waals surface area contributed by atoms with Crippen molar-refractivity contribution in [3.05, 3.63) is 0 Å². The van der Waals surface area contributed by atoms with E-state index in [1.165, 1.54) is 6.42 Å². The van der Waals surface area contributed by atoms with Crippen LogP contribution in [0.25, 0.3) is 0 Å². The Labute approximate surface area is 115 Å². The number of carbonyl (C=O) groups is 2. The first-order chi connectivity index (χ1) is 8.71. The quantitative estimate of drug-likeness (QED) is 0.733. The number of rotatable bonds is 4. The van der Waals surface area contributed by atoms with E-state index < -0.39 is 11.9 Å². The number of nitrogens with one attached hydrogen (secondary N) is 2. The van der Waals surface area contributed by atoms with Crippen molar-refractivity contribution in [2.45, 2.75) is 65.5 Å². The lowest BCUT2D eigenvalue weighted by molar-refractivity contribution is -0.141. The van der Waals surface area contributed by atoms with Gasteiger partial charge in [0.2, 0.25) is 0 Å². The Morgan fingerprint density at radius 2 is 1.95 bits per heavy atom. The molecule has 0 spiro atoms. The normalized spacial score (nSPS) is 25.2. The molecule has 1 aliphatic rings. The van der Waals surface area contributed by atoms with Gasteiger partial charge in [-0.25, -0.2) is 4.79 Å². The smallest absolute Gasteiger partial charge is 0.315 e. The van der Waals surface area contributed by atoms with Gasteiger partial charge >= 0.3 is 12.0 Å². The zero-order valence-electron chi connectivity index (χ0n) is 12.3. The Morgan fingerprint density at radius 3 is 2.47 bits per heavy atom. The fourth-order valence-corrected chi connectivity index (χ4v) is 2.59. The Morgan fingerprint density at radius 1 is 1.32 bits per heavy atom. The van der Waals surface area contributed by atoms with Crippen molar-refractivity contribution in [2.24, 2.45) is 11.3 Å². The average Bonchev–Trinajstić information content (AvgIpc) is 2.25. The van der Waals surface area contributed by atoms with Crippen LogP contribution in [0.2, 0.25) is 0 Å². The second kappa shape index (κ2) is 6.26. The molecular formula is C14H26N2O3. The molecule has 0 bridgehead atoms. The third-order valence-corrected chi connectivity index (χ3v) is 4.04. The van der Waals surface area contributed by atoms with E-state index in [1.807, 2.05) is 0 Å². The molecule has 0 aromatic carbocycles. The van der Waals surface area contributed by atoms with Crippen molar-refractivity contribution in [1.29, 1.82) is 0 Å². The molecule has 5 heteroatoms. The summed E-state index contributed by atoms with van der Waals surface area (Å²) in [6.45, 7) is 7.74. The first kappa shape index (κ1) is 15.8. The van der Waals surface area contributed by atoms with Gasteiger partial charge in [0.1, 0.15) is 0 Å². The molecule has 5 nitrogen and oxygen atoms in total. The molecule has 1 saturated carbocycles. The van der Waals surface area contributed by atoms with E-state index in [4.69, 9.17) is 5.11 Å². The van der Waals surface area contributed by atoms with E-state index in [-0.39, 0.29) is 23.5 Å². The molecule has 1 fully saturated rings. The van der Waals surface area contributed by atoms with Crippen LogP contribution >= 0.6 is 0 Å². The summed E-state index contributed by atoms with van der Waals surface area (Å²) in [6.07, 6.45) is 4.29. The van der Waals surface area contributed by atoms with E-state index in [2.05, 4.69) is 24.5 Å². The molecule has 0 heterocycles. The minimum absolute atomic E-state index is 0.191. The molecule has 3 atom stereocenters. The Bertz CT molecular complexity index is 342. The Kier molecular flexibility index (Phi) is 5.20. The summed E-state index contributed by atoms with van der Waals surface area (Å²) in [5.41, 5.74) is 0.274. The zero-order valence-corrected chi connectivity index (χ0v) is 12.3. The molecule has 2 amide bonds. The van der Waals surface area contributed by atoms with Gasteiger partial charge in [0.15, 0.2) is 0 Å². The molecule has 0 radical (unpaired) electrons. The van der Waals surface area contributed by atoms with Gasteiger partial charge in [-0.1, -0.05) is 20.3 Å². The van der Waals surface area contributed by atoms with Gasteiger partial charge in [-0.2, -0.15) is 0 Å². The van der Waals surface area contributed by atoms with Crippen molar-refractivity contribution in [3.63, 3.8) is 0 Å². The summed E-state index contributed by atoms with van der Waals surface area (Å²) < 4.78 is 0. The molecule has 1 aliphatic carbocycles. The number of urea groups is 1. The van der Waals surface area contributed by atoms with Crippen LogP contribution < -0.4 is 10.6 Å². The van der Waals surface area contributed by atoms with Crippen molar-refractivity contribution in [1.82, 2.24) is 10.6 Å². The highest BCUT2D eigenvalue weighted by Crippen LogP contribution is 2.34. The van der Waals surface area contributed by atoms with Crippen molar-refractivity contribution in [3.8, 4) is 0 Å². The van der Waals surface area contributed by atoms with Gasteiger partial charge in [-0.05, 0) is 38.5 Å². The van der Waals surface area contributed by atoms with Crippen LogP contribution in [0.4, 0.5) is 4.79 Å². The SMILES string of the molecule is CC(NC(=O)NC1CCCC(C)(C)C1)C(C)C(=O)O. The van der Waals surface area contributed by atoms with Gasteiger partial charge in [-0.15, -0.1) is 0 Å². The third kappa shape index (κ3) is 5.09. The molecule has 0 aliphatic heterocycles. The summed E-state index contributed by atoms with van der Waals surface area (Å²) in [5.74, 6) is -1.49. The highest BCUT2D eigenvalue weighted by Gasteiger charge is 2.29. The predicted molar refractivity (Wildman–Crippen MR) is 74.0 cm³/mol. The van der Waals surface area contributed by atoms with Crippen LogP contribution in [0.3, 0.4) is 0 Å². The highest BCUT2D eigenvalue weighted by molar-refractivity contribution is 5.76. The van der Waals surface area contributed by atoms with E-state index >= 15 is 0 Å². The van der Waals surface area contributed by atoms with Crippen LogP contribution in [0.15, 0.2) is 0 Å². The topological polar surface area (TPSA) is 78.4 Å². The largest absolute Gasteiger partial charge is 0.481 e. The van der Waals surface area contributed by atoms with E-state index in [0.717, 1.165) is 19.3 Å². The van der Waals surface area contributed by atoms with Crippen LogP contribution in [0.1, 0.15) is 53.4 Å². The second-order valence-corrected chi connectivity index (χ2v) is 6.49. The standard InChI is InChI=1S/C14H26N2O3/c1-9(12(17)18)10(2)15-13(19)16-11-6-5-7-14(3,4)8-11/h9-11H,5-8H2,1-4H3,(H,17,18)(H2,15,16,19). The first-order valence-corrected chi connectivity index (χ1v) is 7.01. The molecule has 110 valence electrons. The lowest BCUT2D eigenvalue weighted by Gasteiger charge is -2.35. The summed E-state index contributed by atoms with van der Waals surface area (Å²) >= 11 is 0. The summed E-state index contributed by atoms with van der Waals surface area (Å²) in [7, 11) is 0. The fraction of sp³-hybridized carbons (Fsp3) is 0.857. The molecular weight excluding hydrogens is 244 g/mol. The Balaban J connectivity index is 2.41. The van der Waals surface area contributed by atoms with Crippen LogP contribution in [-0.2, 0) is 4.79 Å². The fourth-order valence-electron chi connectivity index (χ4n) is 2.59. The summed E-state index contributed by atoms with van der Waals surface area (Å²) in [4.78, 5) is 22.7. The maximum atomic E-state index is 11.8. The third-order valence-electron chi connectivity index (χ3n) is 4.04. The zero-order chi connectivity index (χ0) is 14.6. The minimum atomic E-state index is -0.897. The molecule has 19 heavy (non-hydrogen) atoms. The monoisotopic (exact) mass is 270 g/mol. The number of amides is 2. The molecule has 0 aromatic rings. The summed E-state index contributed by atoms with van der Waals surface area (Å²) in [6, 6.07) is -0.450. The van der Waals surface area contributed by atoms with Gasteiger partial charge in [0, 0.05) is 12.1 Å². The Hall–Kier alpha value is -1.26. The van der Waals surface area contributed by atoms with Gasteiger partial charge in [0.25, 0.3) is 0 Å². The average molecular weight is 270 g/mol. The number of hydrogen-bond acceptors (Lipinski definition) is 2. The minimum Gasteiger partial charge on any atom is -0.481 e. The number of carboxylic acids is 1. The maximum Gasteiger partial charge on any atom is 0.315 e. The first-order valence-electron chi connectivity index (χ1n) is 7.01. The van der Waals surface area contributed by atoms with Crippen LogP contribution in [0.5, 0.6) is 0 Å². The molecule has 0 aromatic heterocycles. The number of carboxylic acid groups (broad SMARTS) is 1. The highest BCUT2D eigenvalue weighted by atomic mass is 16.4. The maximum absolute atomic E-state index is 11.8. The van der Waals surface area contributed by atoms with Crippen LogP contribution in [-0.4, -0.2) is 29.2 Å².